The summed E-state index contributed by atoms with van der Waals surface area (Å²) in [5, 5.41) is 0. The van der Waals surface area contributed by atoms with E-state index < -0.39 is 23.7 Å². The van der Waals surface area contributed by atoms with Crippen LogP contribution >= 0.6 is 0 Å². The lowest BCUT2D eigenvalue weighted by Crippen LogP contribution is -2.57. The number of amides is 1. The van der Waals surface area contributed by atoms with Crippen molar-refractivity contribution in [3.05, 3.63) is 48.2 Å². The van der Waals surface area contributed by atoms with Crippen molar-refractivity contribution < 1.29 is 32.2 Å². The maximum absolute atomic E-state index is 12.9. The Morgan fingerprint density at radius 2 is 1.89 bits per heavy atom. The molecule has 2 heterocycles. The number of hydrogen-bond acceptors (Lipinski definition) is 5. The summed E-state index contributed by atoms with van der Waals surface area (Å²) in [6.45, 7) is 0.133. The van der Waals surface area contributed by atoms with Crippen molar-refractivity contribution in [3.63, 3.8) is 0 Å². The van der Waals surface area contributed by atoms with E-state index in [2.05, 4.69) is 4.98 Å². The van der Waals surface area contributed by atoms with Gasteiger partial charge in [-0.05, 0) is 24.3 Å². The molecule has 0 N–H and O–H groups in total. The molecule has 1 fully saturated rings. The molecule has 6 nitrogen and oxygen atoms in total. The molecule has 2 aromatic rings. The molecule has 144 valence electrons. The first-order chi connectivity index (χ1) is 12.9. The molecule has 3 rings (SSSR count). The summed E-state index contributed by atoms with van der Waals surface area (Å²) in [6, 6.07) is 9.01. The van der Waals surface area contributed by atoms with Gasteiger partial charge in [0, 0.05) is 6.20 Å². The third-order valence-corrected chi connectivity index (χ3v) is 3.98. The van der Waals surface area contributed by atoms with E-state index in [0.717, 1.165) is 6.07 Å². The number of nitrogens with zero attached hydrogens (tertiary/aromatic N) is 2. The molecule has 0 radical (unpaired) electrons. The van der Waals surface area contributed by atoms with Gasteiger partial charge in [-0.15, -0.1) is 0 Å². The van der Waals surface area contributed by atoms with Gasteiger partial charge in [-0.2, -0.15) is 13.2 Å². The van der Waals surface area contributed by atoms with Crippen molar-refractivity contribution in [2.45, 2.75) is 12.3 Å². The summed E-state index contributed by atoms with van der Waals surface area (Å²) in [6.07, 6.45) is -3.87. The fourth-order valence-corrected chi connectivity index (χ4v) is 2.54. The topological polar surface area (TPSA) is 60.9 Å². The van der Waals surface area contributed by atoms with Gasteiger partial charge >= 0.3 is 6.18 Å². The summed E-state index contributed by atoms with van der Waals surface area (Å²) in [5.41, 5.74) is -0.936. The fraction of sp³-hybridized carbons (Fsp3) is 0.333. The minimum atomic E-state index is -4.55. The number of carbonyl (C=O) groups excluding carboxylic acids is 1. The molecule has 1 aliphatic rings. The van der Waals surface area contributed by atoms with Gasteiger partial charge in [0.05, 0.1) is 20.2 Å². The van der Waals surface area contributed by atoms with Crippen LogP contribution in [0.5, 0.6) is 17.4 Å². The zero-order valence-corrected chi connectivity index (χ0v) is 14.4. The SMILES string of the molecule is COc1ccccc1OCC(=O)N1CC(Oc2ncccc2C(F)(F)F)C1. The van der Waals surface area contributed by atoms with Gasteiger partial charge in [-0.1, -0.05) is 12.1 Å². The van der Waals surface area contributed by atoms with E-state index in [1.165, 1.54) is 24.3 Å². The minimum Gasteiger partial charge on any atom is -0.493 e. The van der Waals surface area contributed by atoms with E-state index in [1.807, 2.05) is 0 Å². The molecule has 0 spiro atoms. The third kappa shape index (κ3) is 4.42. The van der Waals surface area contributed by atoms with Crippen molar-refractivity contribution in [2.75, 3.05) is 26.8 Å². The molecule has 27 heavy (non-hydrogen) atoms. The van der Waals surface area contributed by atoms with Crippen LogP contribution in [-0.4, -0.2) is 48.7 Å². The average molecular weight is 382 g/mol. The summed E-state index contributed by atoms with van der Waals surface area (Å²) in [7, 11) is 1.49. The van der Waals surface area contributed by atoms with Gasteiger partial charge in [0.1, 0.15) is 11.7 Å². The summed E-state index contributed by atoms with van der Waals surface area (Å²) < 4.78 is 54.7. The molecular weight excluding hydrogens is 365 g/mol. The van der Waals surface area contributed by atoms with Crippen molar-refractivity contribution >= 4 is 5.91 Å². The predicted octanol–water partition coefficient (Wildman–Crippen LogP) is 2.78. The zero-order valence-electron chi connectivity index (χ0n) is 14.4. The van der Waals surface area contributed by atoms with E-state index in [9.17, 15) is 18.0 Å². The molecule has 1 aromatic heterocycles. The highest BCUT2D eigenvalue weighted by Gasteiger charge is 2.38. The Labute approximate surface area is 153 Å². The number of rotatable bonds is 6. The molecule has 0 aliphatic carbocycles. The van der Waals surface area contributed by atoms with E-state index >= 15 is 0 Å². The number of para-hydroxylation sites is 2. The number of carbonyl (C=O) groups is 1. The van der Waals surface area contributed by atoms with Gasteiger partial charge in [0.15, 0.2) is 18.1 Å². The fourth-order valence-electron chi connectivity index (χ4n) is 2.54. The van der Waals surface area contributed by atoms with Crippen LogP contribution in [0.2, 0.25) is 0 Å². The number of ether oxygens (including phenoxy) is 3. The van der Waals surface area contributed by atoms with Gasteiger partial charge in [0.2, 0.25) is 5.88 Å². The summed E-state index contributed by atoms with van der Waals surface area (Å²) in [4.78, 5) is 17.2. The Morgan fingerprint density at radius 1 is 1.19 bits per heavy atom. The molecular formula is C18H17F3N2O4. The Morgan fingerprint density at radius 3 is 2.56 bits per heavy atom. The van der Waals surface area contributed by atoms with E-state index in [1.54, 1.807) is 24.3 Å². The maximum Gasteiger partial charge on any atom is 0.421 e. The summed E-state index contributed by atoms with van der Waals surface area (Å²) >= 11 is 0. The van der Waals surface area contributed by atoms with E-state index in [-0.39, 0.29) is 25.6 Å². The highest BCUT2D eigenvalue weighted by molar-refractivity contribution is 5.78. The van der Waals surface area contributed by atoms with Crippen LogP contribution in [0.3, 0.4) is 0 Å². The first-order valence-corrected chi connectivity index (χ1v) is 8.11. The number of halogens is 3. The third-order valence-electron chi connectivity index (χ3n) is 3.98. The Bertz CT molecular complexity index is 807. The molecule has 0 atom stereocenters. The number of hydrogen-bond donors (Lipinski definition) is 0. The van der Waals surface area contributed by atoms with Crippen LogP contribution in [0.15, 0.2) is 42.6 Å². The quantitative estimate of drug-likeness (QED) is 0.769. The Hall–Kier alpha value is -2.97. The van der Waals surface area contributed by atoms with Crippen LogP contribution in [0.1, 0.15) is 5.56 Å². The van der Waals surface area contributed by atoms with Crippen LogP contribution < -0.4 is 14.2 Å². The number of aromatic nitrogens is 1. The van der Waals surface area contributed by atoms with Crippen molar-refractivity contribution in [1.82, 2.24) is 9.88 Å². The predicted molar refractivity (Wildman–Crippen MR) is 88.7 cm³/mol. The highest BCUT2D eigenvalue weighted by atomic mass is 19.4. The molecule has 1 amide bonds. The molecule has 1 aromatic carbocycles. The number of methoxy groups -OCH3 is 1. The molecule has 9 heteroatoms. The maximum atomic E-state index is 12.9. The first-order valence-electron chi connectivity index (χ1n) is 8.11. The first kappa shape index (κ1) is 18.8. The lowest BCUT2D eigenvalue weighted by atomic mass is 10.1. The van der Waals surface area contributed by atoms with Gasteiger partial charge in [-0.25, -0.2) is 4.98 Å². The van der Waals surface area contributed by atoms with E-state index in [4.69, 9.17) is 14.2 Å². The summed E-state index contributed by atoms with van der Waals surface area (Å²) in [5.74, 6) is 0.167. The number of pyridine rings is 1. The van der Waals surface area contributed by atoms with Crippen molar-refractivity contribution in [1.29, 1.82) is 0 Å². The van der Waals surface area contributed by atoms with Crippen LogP contribution in [0.25, 0.3) is 0 Å². The number of alkyl halides is 3. The molecule has 1 saturated heterocycles. The molecule has 1 aliphatic heterocycles. The monoisotopic (exact) mass is 382 g/mol. The van der Waals surface area contributed by atoms with Crippen LogP contribution in [-0.2, 0) is 11.0 Å². The minimum absolute atomic E-state index is 0.169. The van der Waals surface area contributed by atoms with Crippen molar-refractivity contribution in [2.24, 2.45) is 0 Å². The standard InChI is InChI=1S/C18H17F3N2O4/c1-25-14-6-2-3-7-15(14)26-11-16(24)23-9-12(10-23)27-17-13(18(19,20)21)5-4-8-22-17/h2-8,12H,9-11H2,1H3. The van der Waals surface area contributed by atoms with Gasteiger partial charge in [0.25, 0.3) is 5.91 Å². The number of likely N-dealkylation sites (tertiary alicyclic amines) is 1. The van der Waals surface area contributed by atoms with Crippen LogP contribution in [0.4, 0.5) is 13.2 Å². The van der Waals surface area contributed by atoms with Crippen molar-refractivity contribution in [3.8, 4) is 17.4 Å². The second-order valence-corrected chi connectivity index (χ2v) is 5.83. The lowest BCUT2D eigenvalue weighted by Gasteiger charge is -2.38. The number of benzene rings is 1. The van der Waals surface area contributed by atoms with E-state index in [0.29, 0.717) is 11.5 Å². The van der Waals surface area contributed by atoms with Gasteiger partial charge in [-0.3, -0.25) is 4.79 Å². The van der Waals surface area contributed by atoms with Crippen LogP contribution in [0, 0.1) is 0 Å². The average Bonchev–Trinajstić information content (AvgIpc) is 2.62. The largest absolute Gasteiger partial charge is 0.493 e. The Balaban J connectivity index is 1.51. The smallest absolute Gasteiger partial charge is 0.421 e. The lowest BCUT2D eigenvalue weighted by molar-refractivity contribution is -0.146. The Kier molecular flexibility index (Phi) is 5.38. The zero-order chi connectivity index (χ0) is 19.4. The normalized spacial score (nSPS) is 14.4. The molecule has 0 bridgehead atoms. The molecule has 0 unspecified atom stereocenters. The molecule has 0 saturated carbocycles. The second-order valence-electron chi connectivity index (χ2n) is 5.83. The van der Waals surface area contributed by atoms with Gasteiger partial charge < -0.3 is 19.1 Å². The second kappa shape index (κ2) is 7.73. The highest BCUT2D eigenvalue weighted by Crippen LogP contribution is 2.35.